The quantitative estimate of drug-likeness (QED) is 0.797. The first-order valence-corrected chi connectivity index (χ1v) is 6.33. The van der Waals surface area contributed by atoms with Gasteiger partial charge in [-0.2, -0.15) is 0 Å². The van der Waals surface area contributed by atoms with E-state index in [1.807, 2.05) is 20.8 Å². The Morgan fingerprint density at radius 1 is 1.58 bits per heavy atom. The van der Waals surface area contributed by atoms with Crippen LogP contribution in [0.15, 0.2) is 6.20 Å². The van der Waals surface area contributed by atoms with Gasteiger partial charge in [-0.15, -0.1) is 5.10 Å². The van der Waals surface area contributed by atoms with Crippen LogP contribution in [0, 0.1) is 5.92 Å². The SMILES string of the molecule is CC(C)(C)OC(=O)c1cn([C@@H]2COC[C@H]2CN)nn1. The molecule has 1 aromatic heterocycles. The Morgan fingerprint density at radius 2 is 2.32 bits per heavy atom. The molecule has 0 saturated carbocycles. The summed E-state index contributed by atoms with van der Waals surface area (Å²) in [5.74, 6) is -0.268. The van der Waals surface area contributed by atoms with Gasteiger partial charge in [-0.05, 0) is 27.3 Å². The Kier molecular flexibility index (Phi) is 3.86. The summed E-state index contributed by atoms with van der Waals surface area (Å²) in [5.41, 5.74) is 5.34. The van der Waals surface area contributed by atoms with E-state index in [-0.39, 0.29) is 17.7 Å². The highest BCUT2D eigenvalue weighted by molar-refractivity contribution is 5.87. The maximum atomic E-state index is 11.8. The molecular weight excluding hydrogens is 248 g/mol. The largest absolute Gasteiger partial charge is 0.455 e. The van der Waals surface area contributed by atoms with Crippen molar-refractivity contribution >= 4 is 5.97 Å². The molecule has 7 heteroatoms. The van der Waals surface area contributed by atoms with Crippen LogP contribution in [0.4, 0.5) is 0 Å². The molecule has 0 aliphatic carbocycles. The molecular formula is C12H20N4O3. The fourth-order valence-electron chi connectivity index (χ4n) is 1.97. The Bertz CT molecular complexity index is 452. The topological polar surface area (TPSA) is 92.3 Å². The monoisotopic (exact) mass is 268 g/mol. The van der Waals surface area contributed by atoms with Gasteiger partial charge in [0, 0.05) is 5.92 Å². The van der Waals surface area contributed by atoms with E-state index >= 15 is 0 Å². The zero-order valence-corrected chi connectivity index (χ0v) is 11.5. The second-order valence-electron chi connectivity index (χ2n) is 5.69. The van der Waals surface area contributed by atoms with E-state index in [9.17, 15) is 4.79 Å². The lowest BCUT2D eigenvalue weighted by molar-refractivity contribution is 0.00626. The minimum Gasteiger partial charge on any atom is -0.455 e. The maximum Gasteiger partial charge on any atom is 0.361 e. The van der Waals surface area contributed by atoms with Crippen LogP contribution in [0.25, 0.3) is 0 Å². The Morgan fingerprint density at radius 3 is 2.95 bits per heavy atom. The van der Waals surface area contributed by atoms with E-state index in [1.54, 1.807) is 10.9 Å². The van der Waals surface area contributed by atoms with Crippen molar-refractivity contribution in [3.8, 4) is 0 Å². The van der Waals surface area contributed by atoms with Crippen molar-refractivity contribution in [2.75, 3.05) is 19.8 Å². The summed E-state index contributed by atoms with van der Waals surface area (Å²) in [6.07, 6.45) is 1.59. The first-order valence-electron chi connectivity index (χ1n) is 6.33. The summed E-state index contributed by atoms with van der Waals surface area (Å²) in [6.45, 7) is 7.10. The van der Waals surface area contributed by atoms with E-state index in [0.29, 0.717) is 19.8 Å². The summed E-state index contributed by atoms with van der Waals surface area (Å²) < 4.78 is 12.3. The third-order valence-electron chi connectivity index (χ3n) is 2.93. The first-order chi connectivity index (χ1) is 8.90. The molecule has 2 N–H and O–H groups in total. The summed E-state index contributed by atoms with van der Waals surface area (Å²) in [7, 11) is 0. The highest BCUT2D eigenvalue weighted by Crippen LogP contribution is 2.24. The van der Waals surface area contributed by atoms with Gasteiger partial charge in [0.15, 0.2) is 5.69 Å². The van der Waals surface area contributed by atoms with Crippen LogP contribution in [-0.4, -0.2) is 46.3 Å². The van der Waals surface area contributed by atoms with E-state index in [2.05, 4.69) is 10.3 Å². The minimum absolute atomic E-state index is 0.0358. The fraction of sp³-hybridized carbons (Fsp3) is 0.750. The van der Waals surface area contributed by atoms with Gasteiger partial charge in [-0.25, -0.2) is 9.48 Å². The Balaban J connectivity index is 2.08. The van der Waals surface area contributed by atoms with Crippen molar-refractivity contribution in [3.05, 3.63) is 11.9 Å². The number of aromatic nitrogens is 3. The zero-order chi connectivity index (χ0) is 14.0. The number of nitrogens with two attached hydrogens (primary N) is 1. The van der Waals surface area contributed by atoms with Crippen molar-refractivity contribution in [2.24, 2.45) is 11.7 Å². The number of esters is 1. The summed E-state index contributed by atoms with van der Waals surface area (Å²) >= 11 is 0. The van der Waals surface area contributed by atoms with E-state index in [1.165, 1.54) is 0 Å². The van der Waals surface area contributed by atoms with Crippen molar-refractivity contribution in [1.29, 1.82) is 0 Å². The smallest absolute Gasteiger partial charge is 0.361 e. The summed E-state index contributed by atoms with van der Waals surface area (Å²) in [4.78, 5) is 11.8. The van der Waals surface area contributed by atoms with Crippen LogP contribution in [0.5, 0.6) is 0 Å². The molecule has 1 aliphatic heterocycles. The summed E-state index contributed by atoms with van der Waals surface area (Å²) in [5, 5.41) is 7.83. The third kappa shape index (κ3) is 3.30. The normalized spacial score (nSPS) is 23.6. The second kappa shape index (κ2) is 5.26. The molecule has 106 valence electrons. The number of rotatable bonds is 3. The molecule has 0 radical (unpaired) electrons. The average molecular weight is 268 g/mol. The van der Waals surface area contributed by atoms with Gasteiger partial charge in [-0.1, -0.05) is 5.21 Å². The van der Waals surface area contributed by atoms with Gasteiger partial charge < -0.3 is 15.2 Å². The first kappa shape index (κ1) is 14.0. The van der Waals surface area contributed by atoms with Crippen molar-refractivity contribution in [3.63, 3.8) is 0 Å². The lowest BCUT2D eigenvalue weighted by Crippen LogP contribution is -2.25. The van der Waals surface area contributed by atoms with Gasteiger partial charge in [0.05, 0.1) is 25.5 Å². The standard InChI is InChI=1S/C12H20N4O3/c1-12(2,3)19-11(17)9-5-16(15-14-9)10-7-18-6-8(10)4-13/h5,8,10H,4,6-7,13H2,1-3H3/t8-,10-/m1/s1. The number of hydrogen-bond acceptors (Lipinski definition) is 6. The maximum absolute atomic E-state index is 11.8. The molecule has 1 aromatic rings. The average Bonchev–Trinajstić information content (AvgIpc) is 2.95. The Labute approximate surface area is 112 Å². The predicted molar refractivity (Wildman–Crippen MR) is 67.6 cm³/mol. The highest BCUT2D eigenvalue weighted by Gasteiger charge is 2.30. The summed E-state index contributed by atoms with van der Waals surface area (Å²) in [6, 6.07) is 0.0358. The second-order valence-corrected chi connectivity index (χ2v) is 5.69. The van der Waals surface area contributed by atoms with Crippen molar-refractivity contribution < 1.29 is 14.3 Å². The molecule has 19 heavy (non-hydrogen) atoms. The van der Waals surface area contributed by atoms with E-state index in [0.717, 1.165) is 0 Å². The van der Waals surface area contributed by atoms with Crippen molar-refractivity contribution in [2.45, 2.75) is 32.4 Å². The van der Waals surface area contributed by atoms with Crippen molar-refractivity contribution in [1.82, 2.24) is 15.0 Å². The predicted octanol–water partition coefficient (Wildman–Crippen LogP) is 0.380. The van der Waals surface area contributed by atoms with Gasteiger partial charge in [0.1, 0.15) is 5.60 Å². The van der Waals surface area contributed by atoms with Crippen LogP contribution in [-0.2, 0) is 9.47 Å². The van der Waals surface area contributed by atoms with Gasteiger partial charge in [-0.3, -0.25) is 0 Å². The molecule has 0 bridgehead atoms. The van der Waals surface area contributed by atoms with Crippen LogP contribution in [0.3, 0.4) is 0 Å². The molecule has 2 atom stereocenters. The lowest BCUT2D eigenvalue weighted by atomic mass is 10.0. The molecule has 1 saturated heterocycles. The fourth-order valence-corrected chi connectivity index (χ4v) is 1.97. The minimum atomic E-state index is -0.545. The molecule has 7 nitrogen and oxygen atoms in total. The lowest BCUT2D eigenvalue weighted by Gasteiger charge is -2.18. The van der Waals surface area contributed by atoms with E-state index < -0.39 is 11.6 Å². The van der Waals surface area contributed by atoms with Gasteiger partial charge in [0.2, 0.25) is 0 Å². The molecule has 0 spiro atoms. The number of carbonyl (C=O) groups excluding carboxylic acids is 1. The molecule has 0 amide bonds. The molecule has 2 rings (SSSR count). The molecule has 1 aliphatic rings. The van der Waals surface area contributed by atoms with Crippen LogP contribution >= 0.6 is 0 Å². The van der Waals surface area contributed by atoms with Gasteiger partial charge >= 0.3 is 5.97 Å². The number of hydrogen-bond donors (Lipinski definition) is 1. The molecule has 2 heterocycles. The number of nitrogens with zero attached hydrogens (tertiary/aromatic N) is 3. The van der Waals surface area contributed by atoms with E-state index in [4.69, 9.17) is 15.2 Å². The zero-order valence-electron chi connectivity index (χ0n) is 11.5. The number of ether oxygens (including phenoxy) is 2. The molecule has 1 fully saturated rings. The Hall–Kier alpha value is -1.47. The molecule has 0 aromatic carbocycles. The molecule has 0 unspecified atom stereocenters. The van der Waals surface area contributed by atoms with Crippen LogP contribution in [0.2, 0.25) is 0 Å². The highest BCUT2D eigenvalue weighted by atomic mass is 16.6. The number of carbonyl (C=O) groups is 1. The third-order valence-corrected chi connectivity index (χ3v) is 2.93. The van der Waals surface area contributed by atoms with Gasteiger partial charge in [0.25, 0.3) is 0 Å². The van der Waals surface area contributed by atoms with Crippen LogP contribution < -0.4 is 5.73 Å². The van der Waals surface area contributed by atoms with Crippen LogP contribution in [0.1, 0.15) is 37.3 Å².